The van der Waals surface area contributed by atoms with Crippen molar-refractivity contribution < 1.29 is 9.53 Å². The topological polar surface area (TPSA) is 109 Å². The lowest BCUT2D eigenvalue weighted by molar-refractivity contribution is -0.122. The number of rotatable bonds is 8. The highest BCUT2D eigenvalue weighted by Gasteiger charge is 2.21. The van der Waals surface area contributed by atoms with E-state index in [1.807, 2.05) is 6.07 Å². The molecule has 2 aromatic carbocycles. The van der Waals surface area contributed by atoms with Crippen LogP contribution in [0.15, 0.2) is 54.9 Å². The summed E-state index contributed by atoms with van der Waals surface area (Å²) in [5, 5.41) is 0.804. The largest absolute Gasteiger partial charge is 0.482 e. The molecule has 9 nitrogen and oxygen atoms in total. The van der Waals surface area contributed by atoms with Gasteiger partial charge < -0.3 is 15.4 Å². The van der Waals surface area contributed by atoms with E-state index < -0.39 is 5.91 Å². The van der Waals surface area contributed by atoms with E-state index >= 15 is 0 Å². The highest BCUT2D eigenvalue weighted by molar-refractivity contribution is 6.35. The number of nitrogens with one attached hydrogen (secondary N) is 2. The van der Waals surface area contributed by atoms with Crippen molar-refractivity contribution in [3.63, 3.8) is 0 Å². The minimum absolute atomic E-state index is 0.254. The molecule has 4 rings (SSSR count). The average Bonchev–Trinajstić information content (AvgIpc) is 2.84. The number of anilines is 3. The molecule has 1 saturated heterocycles. The summed E-state index contributed by atoms with van der Waals surface area (Å²) in [6, 6.07) is 15.2. The molecule has 1 aliphatic rings. The molecular weight excluding hydrogens is 477 g/mol. The van der Waals surface area contributed by atoms with Gasteiger partial charge >= 0.3 is 0 Å². The average molecular weight is 502 g/mol. The quantitative estimate of drug-likeness (QED) is 0.403. The van der Waals surface area contributed by atoms with E-state index in [2.05, 4.69) is 54.9 Å². The number of nitrogen functional groups attached to an aromatic ring is 1. The number of amides is 1. The number of ether oxygens (including phenoxy) is 1. The van der Waals surface area contributed by atoms with E-state index in [1.54, 1.807) is 18.2 Å². The van der Waals surface area contributed by atoms with Crippen LogP contribution < -0.4 is 26.2 Å². The van der Waals surface area contributed by atoms with Gasteiger partial charge in [0.1, 0.15) is 17.8 Å². The van der Waals surface area contributed by atoms with Gasteiger partial charge in [-0.25, -0.2) is 9.97 Å². The minimum Gasteiger partial charge on any atom is -0.482 e. The lowest BCUT2D eigenvalue weighted by Crippen LogP contribution is -2.46. The highest BCUT2D eigenvalue weighted by atomic mass is 35.5. The molecule has 0 spiro atoms. The van der Waals surface area contributed by atoms with Crippen LogP contribution in [0.1, 0.15) is 5.56 Å². The fourth-order valence-corrected chi connectivity index (χ4v) is 4.06. The molecule has 0 saturated carbocycles. The van der Waals surface area contributed by atoms with Crippen molar-refractivity contribution in [1.82, 2.24) is 20.3 Å². The van der Waals surface area contributed by atoms with E-state index in [-0.39, 0.29) is 6.61 Å². The summed E-state index contributed by atoms with van der Waals surface area (Å²) < 4.78 is 5.42. The Morgan fingerprint density at radius 3 is 2.56 bits per heavy atom. The van der Waals surface area contributed by atoms with Crippen molar-refractivity contribution in [2.24, 2.45) is 0 Å². The van der Waals surface area contributed by atoms with Crippen molar-refractivity contribution in [2.75, 3.05) is 48.8 Å². The molecule has 0 unspecified atom stereocenters. The zero-order valence-electron chi connectivity index (χ0n) is 18.4. The summed E-state index contributed by atoms with van der Waals surface area (Å²) in [5.74, 6) is 0.876. The summed E-state index contributed by atoms with van der Waals surface area (Å²) in [4.78, 5) is 25.2. The van der Waals surface area contributed by atoms with E-state index in [1.165, 1.54) is 11.9 Å². The maximum absolute atomic E-state index is 12.2. The number of hydrogen-bond donors (Lipinski definition) is 3. The van der Waals surface area contributed by atoms with Crippen LogP contribution >= 0.6 is 23.2 Å². The number of carbonyl (C=O) groups excluding carboxylic acids is 1. The molecule has 1 fully saturated rings. The molecule has 1 aliphatic heterocycles. The van der Waals surface area contributed by atoms with Crippen molar-refractivity contribution >= 4 is 46.4 Å². The summed E-state index contributed by atoms with van der Waals surface area (Å²) in [5.41, 5.74) is 13.2. The van der Waals surface area contributed by atoms with Gasteiger partial charge in [0.25, 0.3) is 5.91 Å². The Bertz CT molecular complexity index is 1130. The fourth-order valence-electron chi connectivity index (χ4n) is 3.60. The number of piperazine rings is 1. The van der Waals surface area contributed by atoms with Crippen LogP contribution in [0.25, 0.3) is 0 Å². The van der Waals surface area contributed by atoms with E-state index in [4.69, 9.17) is 33.7 Å². The third kappa shape index (κ3) is 6.19. The lowest BCUT2D eigenvalue weighted by Gasteiger charge is -2.36. The van der Waals surface area contributed by atoms with Gasteiger partial charge in [-0.2, -0.15) is 0 Å². The Morgan fingerprint density at radius 1 is 1.06 bits per heavy atom. The van der Waals surface area contributed by atoms with Crippen LogP contribution in [0.3, 0.4) is 0 Å². The second-order valence-corrected chi connectivity index (χ2v) is 8.59. The van der Waals surface area contributed by atoms with Crippen molar-refractivity contribution in [3.05, 3.63) is 70.5 Å². The van der Waals surface area contributed by atoms with Gasteiger partial charge in [0.2, 0.25) is 0 Å². The van der Waals surface area contributed by atoms with Gasteiger partial charge in [-0.15, -0.1) is 0 Å². The zero-order valence-corrected chi connectivity index (χ0v) is 19.9. The molecule has 11 heteroatoms. The van der Waals surface area contributed by atoms with Gasteiger partial charge in [-0.1, -0.05) is 53.5 Å². The molecule has 0 aliphatic carbocycles. The molecule has 34 heavy (non-hydrogen) atoms. The van der Waals surface area contributed by atoms with E-state index in [0.717, 1.165) is 32.7 Å². The van der Waals surface area contributed by atoms with Crippen LogP contribution in [0.2, 0.25) is 10.0 Å². The predicted molar refractivity (Wildman–Crippen MR) is 134 cm³/mol. The van der Waals surface area contributed by atoms with Gasteiger partial charge in [0.15, 0.2) is 18.2 Å². The van der Waals surface area contributed by atoms with Crippen LogP contribution in [0.4, 0.5) is 17.3 Å². The number of hydrogen-bond acceptors (Lipinski definition) is 8. The number of nitrogens with two attached hydrogens (primary N) is 1. The van der Waals surface area contributed by atoms with Crippen LogP contribution in [-0.2, 0) is 11.3 Å². The van der Waals surface area contributed by atoms with Crippen LogP contribution in [0.5, 0.6) is 5.75 Å². The Morgan fingerprint density at radius 2 is 1.82 bits per heavy atom. The summed E-state index contributed by atoms with van der Waals surface area (Å²) in [7, 11) is 0. The Hall–Kier alpha value is -3.27. The Balaban J connectivity index is 1.28. The van der Waals surface area contributed by atoms with E-state index in [0.29, 0.717) is 33.1 Å². The first-order chi connectivity index (χ1) is 16.5. The van der Waals surface area contributed by atoms with Gasteiger partial charge in [-0.3, -0.25) is 20.5 Å². The monoisotopic (exact) mass is 501 g/mol. The van der Waals surface area contributed by atoms with Gasteiger partial charge in [-0.05, 0) is 23.8 Å². The van der Waals surface area contributed by atoms with Crippen LogP contribution in [0, 0.1) is 0 Å². The summed E-state index contributed by atoms with van der Waals surface area (Å²) in [6.07, 6.45) is 1.42. The lowest BCUT2D eigenvalue weighted by atomic mass is 10.2. The van der Waals surface area contributed by atoms with Crippen LogP contribution in [-0.4, -0.2) is 53.6 Å². The third-order valence-corrected chi connectivity index (χ3v) is 5.89. The Kier molecular flexibility index (Phi) is 7.89. The molecule has 4 N–H and O–H groups in total. The molecule has 0 radical (unpaired) electrons. The Labute approximate surface area is 207 Å². The number of hydrazine groups is 1. The SMILES string of the molecule is Nc1c(NNC(=O)COc2ccc(Cl)cc2Cl)ncnc1N1CCN(Cc2ccccc2)CC1. The first-order valence-corrected chi connectivity index (χ1v) is 11.5. The number of halogens is 2. The summed E-state index contributed by atoms with van der Waals surface area (Å²) >= 11 is 11.9. The number of carbonyl (C=O) groups is 1. The predicted octanol–water partition coefficient (Wildman–Crippen LogP) is 3.21. The van der Waals surface area contributed by atoms with Gasteiger partial charge in [0.05, 0.1) is 5.02 Å². The second kappa shape index (κ2) is 11.2. The number of aromatic nitrogens is 2. The fraction of sp³-hybridized carbons (Fsp3) is 0.261. The van der Waals surface area contributed by atoms with E-state index in [9.17, 15) is 4.79 Å². The molecule has 0 bridgehead atoms. The standard InChI is InChI=1S/C23H25Cl2N7O2/c24-17-6-7-19(18(25)12-17)34-14-20(33)29-30-22-21(26)23(28-15-27-22)32-10-8-31(9-11-32)13-16-4-2-1-3-5-16/h1-7,12,15H,8-11,13-14,26H2,(H,29,33)(H,27,28,30). The van der Waals surface area contributed by atoms with Crippen molar-refractivity contribution in [3.8, 4) is 5.75 Å². The molecular formula is C23H25Cl2N7O2. The van der Waals surface area contributed by atoms with Gasteiger partial charge in [0, 0.05) is 37.7 Å². The second-order valence-electron chi connectivity index (χ2n) is 7.74. The molecule has 3 aromatic rings. The molecule has 178 valence electrons. The minimum atomic E-state index is -0.430. The maximum atomic E-state index is 12.2. The molecule has 0 atom stereocenters. The summed E-state index contributed by atoms with van der Waals surface area (Å²) in [6.45, 7) is 4.02. The smallest absolute Gasteiger partial charge is 0.276 e. The van der Waals surface area contributed by atoms with Crippen molar-refractivity contribution in [2.45, 2.75) is 6.54 Å². The normalized spacial score (nSPS) is 14.0. The highest BCUT2D eigenvalue weighted by Crippen LogP contribution is 2.28. The zero-order chi connectivity index (χ0) is 23.9. The molecule has 1 amide bonds. The van der Waals surface area contributed by atoms with Crippen molar-refractivity contribution in [1.29, 1.82) is 0 Å². The first-order valence-electron chi connectivity index (χ1n) is 10.7. The third-order valence-electron chi connectivity index (χ3n) is 5.36. The number of nitrogens with zero attached hydrogens (tertiary/aromatic N) is 4. The maximum Gasteiger partial charge on any atom is 0.276 e. The molecule has 2 heterocycles. The molecule has 1 aromatic heterocycles. The first kappa shape index (κ1) is 23.9. The number of benzene rings is 2.